The predicted molar refractivity (Wildman–Crippen MR) is 128 cm³/mol. The maximum Gasteiger partial charge on any atom is 0.263 e. The van der Waals surface area contributed by atoms with E-state index >= 15 is 0 Å². The van der Waals surface area contributed by atoms with Gasteiger partial charge in [0.25, 0.3) is 5.56 Å². The van der Waals surface area contributed by atoms with Gasteiger partial charge in [-0.2, -0.15) is 0 Å². The number of amides is 2. The van der Waals surface area contributed by atoms with Gasteiger partial charge in [0.15, 0.2) is 5.16 Å². The maximum atomic E-state index is 13.6. The Labute approximate surface area is 202 Å². The van der Waals surface area contributed by atoms with Crippen molar-refractivity contribution in [3.8, 4) is 0 Å². The molecule has 4 aromatic rings. The second kappa shape index (κ2) is 9.51. The molecule has 0 unspecified atom stereocenters. The number of carbonyl (C=O) groups is 2. The van der Waals surface area contributed by atoms with Gasteiger partial charge < -0.3 is 19.1 Å². The molecule has 0 fully saturated rings. The molecule has 176 valence electrons. The highest BCUT2D eigenvalue weighted by Gasteiger charge is 2.26. The molecule has 4 aromatic heterocycles. The highest BCUT2D eigenvalue weighted by atomic mass is 32.2. The Balaban J connectivity index is 1.45. The van der Waals surface area contributed by atoms with Crippen molar-refractivity contribution in [2.75, 3.05) is 12.3 Å². The van der Waals surface area contributed by atoms with Crippen LogP contribution < -0.4 is 10.9 Å². The Kier molecular flexibility index (Phi) is 6.29. The Morgan fingerprint density at radius 3 is 2.68 bits per heavy atom. The smallest absolute Gasteiger partial charge is 0.263 e. The van der Waals surface area contributed by atoms with Crippen LogP contribution in [0.2, 0.25) is 0 Å². The number of nitrogens with one attached hydrogen (secondary N) is 1. The third-order valence-corrected chi connectivity index (χ3v) is 7.72. The van der Waals surface area contributed by atoms with E-state index in [-0.39, 0.29) is 29.7 Å². The van der Waals surface area contributed by atoms with Crippen molar-refractivity contribution in [1.82, 2.24) is 19.8 Å². The van der Waals surface area contributed by atoms with Crippen LogP contribution in [0.3, 0.4) is 0 Å². The first-order chi connectivity index (χ1) is 16.5. The van der Waals surface area contributed by atoms with Gasteiger partial charge in [-0.25, -0.2) is 4.98 Å². The number of nitrogens with zero attached hydrogens (tertiary/aromatic N) is 3. The first-order valence-electron chi connectivity index (χ1n) is 10.7. The monoisotopic (exact) mass is 498 g/mol. The van der Waals surface area contributed by atoms with Crippen molar-refractivity contribution in [3.63, 3.8) is 0 Å². The van der Waals surface area contributed by atoms with Gasteiger partial charge >= 0.3 is 0 Å². The average molecular weight is 499 g/mol. The van der Waals surface area contributed by atoms with E-state index in [0.29, 0.717) is 52.9 Å². The summed E-state index contributed by atoms with van der Waals surface area (Å²) in [4.78, 5) is 46.1. The normalized spacial score (nSPS) is 13.3. The molecule has 5 heterocycles. The minimum absolute atomic E-state index is 0.0168. The van der Waals surface area contributed by atoms with E-state index < -0.39 is 0 Å². The summed E-state index contributed by atoms with van der Waals surface area (Å²) in [7, 11) is 0. The molecule has 1 aliphatic rings. The standard InChI is InChI=1S/C23H22N4O5S2/c1-14(28)26-7-6-17-18(12-26)34-21-20(17)22(30)27(11-16-5-3-9-32-16)23(25-21)33-13-19(29)24-10-15-4-2-8-31-15/h2-5,8-9H,6-7,10-13H2,1H3,(H,24,29). The molecule has 34 heavy (non-hydrogen) atoms. The van der Waals surface area contributed by atoms with Gasteiger partial charge in [-0.3, -0.25) is 19.0 Å². The van der Waals surface area contributed by atoms with Crippen molar-refractivity contribution in [3.05, 3.63) is 69.1 Å². The minimum Gasteiger partial charge on any atom is -0.467 e. The van der Waals surface area contributed by atoms with Crippen LogP contribution in [0.25, 0.3) is 10.2 Å². The topological polar surface area (TPSA) is 111 Å². The number of carbonyl (C=O) groups excluding carboxylic acids is 2. The number of hydrogen-bond donors (Lipinski definition) is 1. The second-order valence-corrected chi connectivity index (χ2v) is 9.91. The molecular weight excluding hydrogens is 476 g/mol. The number of thiophene rings is 1. The SMILES string of the molecule is CC(=O)N1CCc2c(sc3nc(SCC(=O)NCc4ccco4)n(Cc4ccco4)c(=O)c23)C1. The van der Waals surface area contributed by atoms with Gasteiger partial charge in [-0.05, 0) is 36.2 Å². The minimum atomic E-state index is -0.192. The van der Waals surface area contributed by atoms with Crippen LogP contribution in [-0.4, -0.2) is 38.6 Å². The largest absolute Gasteiger partial charge is 0.467 e. The molecule has 0 saturated heterocycles. The fourth-order valence-electron chi connectivity index (χ4n) is 3.91. The van der Waals surface area contributed by atoms with Crippen molar-refractivity contribution in [2.45, 2.75) is 38.1 Å². The predicted octanol–water partition coefficient (Wildman–Crippen LogP) is 3.01. The van der Waals surface area contributed by atoms with E-state index in [9.17, 15) is 14.4 Å². The summed E-state index contributed by atoms with van der Waals surface area (Å²) in [6.45, 7) is 3.13. The van der Waals surface area contributed by atoms with Crippen LogP contribution in [0, 0.1) is 0 Å². The summed E-state index contributed by atoms with van der Waals surface area (Å²) in [5.74, 6) is 1.21. The van der Waals surface area contributed by atoms with Gasteiger partial charge in [0.05, 0.1) is 43.3 Å². The lowest BCUT2D eigenvalue weighted by Gasteiger charge is -2.25. The molecule has 0 aliphatic carbocycles. The Morgan fingerprint density at radius 1 is 1.21 bits per heavy atom. The summed E-state index contributed by atoms with van der Waals surface area (Å²) in [6, 6.07) is 7.12. The zero-order valence-corrected chi connectivity index (χ0v) is 20.0. The highest BCUT2D eigenvalue weighted by Crippen LogP contribution is 2.34. The van der Waals surface area contributed by atoms with Gasteiger partial charge in [-0.15, -0.1) is 11.3 Å². The molecule has 11 heteroatoms. The van der Waals surface area contributed by atoms with Gasteiger partial charge in [0.2, 0.25) is 11.8 Å². The number of furan rings is 2. The molecule has 0 atom stereocenters. The molecule has 5 rings (SSSR count). The number of hydrogen-bond acceptors (Lipinski definition) is 8. The number of rotatable bonds is 7. The van der Waals surface area contributed by atoms with Crippen LogP contribution in [0.4, 0.5) is 0 Å². The van der Waals surface area contributed by atoms with E-state index in [1.54, 1.807) is 53.2 Å². The van der Waals surface area contributed by atoms with Crippen LogP contribution in [0.15, 0.2) is 55.6 Å². The van der Waals surface area contributed by atoms with Crippen LogP contribution in [0.5, 0.6) is 0 Å². The summed E-state index contributed by atoms with van der Waals surface area (Å²) in [6.07, 6.45) is 3.73. The summed E-state index contributed by atoms with van der Waals surface area (Å²) < 4.78 is 12.3. The van der Waals surface area contributed by atoms with Crippen molar-refractivity contribution >= 4 is 45.1 Å². The van der Waals surface area contributed by atoms with Gasteiger partial charge in [0, 0.05) is 18.3 Å². The molecule has 2 amide bonds. The fraction of sp³-hybridized carbons (Fsp3) is 0.304. The zero-order chi connectivity index (χ0) is 23.7. The fourth-order valence-corrected chi connectivity index (χ4v) is 6.02. The van der Waals surface area contributed by atoms with E-state index in [1.165, 1.54) is 23.1 Å². The molecule has 9 nitrogen and oxygen atoms in total. The Bertz CT molecular complexity index is 1390. The summed E-state index contributed by atoms with van der Waals surface area (Å²) in [5.41, 5.74) is 0.810. The lowest BCUT2D eigenvalue weighted by molar-refractivity contribution is -0.129. The Hall–Kier alpha value is -3.31. The molecule has 0 aromatic carbocycles. The van der Waals surface area contributed by atoms with Crippen LogP contribution in [-0.2, 0) is 35.6 Å². The first-order valence-corrected chi connectivity index (χ1v) is 12.5. The lowest BCUT2D eigenvalue weighted by atomic mass is 10.1. The highest BCUT2D eigenvalue weighted by molar-refractivity contribution is 7.99. The van der Waals surface area contributed by atoms with Crippen LogP contribution >= 0.6 is 23.1 Å². The third kappa shape index (κ3) is 4.53. The summed E-state index contributed by atoms with van der Waals surface area (Å²) in [5, 5.41) is 3.85. The van der Waals surface area contributed by atoms with Crippen molar-refractivity contribution in [1.29, 1.82) is 0 Å². The first kappa shape index (κ1) is 22.5. The third-order valence-electron chi connectivity index (χ3n) is 5.64. The number of aromatic nitrogens is 2. The van der Waals surface area contributed by atoms with Crippen molar-refractivity contribution in [2.24, 2.45) is 0 Å². The Morgan fingerprint density at radius 2 is 1.97 bits per heavy atom. The molecule has 0 radical (unpaired) electrons. The lowest BCUT2D eigenvalue weighted by Crippen LogP contribution is -2.34. The van der Waals surface area contributed by atoms with E-state index in [0.717, 1.165) is 10.4 Å². The second-order valence-electron chi connectivity index (χ2n) is 7.88. The number of fused-ring (bicyclic) bond motifs is 3. The van der Waals surface area contributed by atoms with Crippen LogP contribution in [0.1, 0.15) is 28.9 Å². The van der Waals surface area contributed by atoms with E-state index in [4.69, 9.17) is 13.8 Å². The van der Waals surface area contributed by atoms with Crippen molar-refractivity contribution < 1.29 is 18.4 Å². The molecular formula is C23H22N4O5S2. The quantitative estimate of drug-likeness (QED) is 0.308. The van der Waals surface area contributed by atoms with Gasteiger partial charge in [-0.1, -0.05) is 11.8 Å². The molecule has 0 saturated carbocycles. The zero-order valence-electron chi connectivity index (χ0n) is 18.4. The van der Waals surface area contributed by atoms with E-state index in [2.05, 4.69) is 5.32 Å². The van der Waals surface area contributed by atoms with Gasteiger partial charge in [0.1, 0.15) is 16.4 Å². The molecule has 0 bridgehead atoms. The molecule has 1 aliphatic heterocycles. The molecule has 0 spiro atoms. The average Bonchev–Trinajstić information content (AvgIpc) is 3.58. The maximum absolute atomic E-state index is 13.6. The molecule has 1 N–H and O–H groups in total. The van der Waals surface area contributed by atoms with E-state index in [1.807, 2.05) is 0 Å². The number of thioether (sulfide) groups is 1. The summed E-state index contributed by atoms with van der Waals surface area (Å²) >= 11 is 2.64.